The van der Waals surface area contributed by atoms with Gasteiger partial charge < -0.3 is 10.2 Å². The Labute approximate surface area is 162 Å². The highest BCUT2D eigenvalue weighted by molar-refractivity contribution is 7.12. The topological polar surface area (TPSA) is 52.7 Å². The molecule has 0 atom stereocenters. The summed E-state index contributed by atoms with van der Waals surface area (Å²) < 4.78 is 0. The monoisotopic (exact) mass is 391 g/mol. The van der Waals surface area contributed by atoms with E-state index in [1.54, 1.807) is 6.07 Å². The second kappa shape index (κ2) is 8.66. The third-order valence-corrected chi connectivity index (χ3v) is 5.70. The first-order chi connectivity index (χ1) is 12.5. The van der Waals surface area contributed by atoms with E-state index in [0.29, 0.717) is 16.4 Å². The lowest BCUT2D eigenvalue weighted by Crippen LogP contribution is -2.34. The van der Waals surface area contributed by atoms with Crippen LogP contribution < -0.4 is 5.32 Å². The predicted octanol–water partition coefficient (Wildman–Crippen LogP) is 3.71. The molecule has 0 bridgehead atoms. The molecule has 7 heteroatoms. The molecular weight excluding hydrogens is 370 g/mol. The number of carbonyl (C=O) groups is 2. The SMILES string of the molecule is CC(=O)Nc1ccc(CN2CCCN(C(=O)c3sccc3Cl)CC2)cc1. The Morgan fingerprint density at radius 3 is 2.54 bits per heavy atom. The summed E-state index contributed by atoms with van der Waals surface area (Å²) in [6, 6.07) is 9.68. The van der Waals surface area contributed by atoms with Gasteiger partial charge >= 0.3 is 0 Å². The van der Waals surface area contributed by atoms with Crippen molar-refractivity contribution < 1.29 is 9.59 Å². The molecule has 1 aliphatic rings. The zero-order valence-electron chi connectivity index (χ0n) is 14.7. The lowest BCUT2D eigenvalue weighted by atomic mass is 10.2. The van der Waals surface area contributed by atoms with Crippen molar-refractivity contribution in [2.45, 2.75) is 19.9 Å². The first-order valence-corrected chi connectivity index (χ1v) is 9.90. The summed E-state index contributed by atoms with van der Waals surface area (Å²) in [5.41, 5.74) is 2.00. The van der Waals surface area contributed by atoms with Crippen molar-refractivity contribution in [1.82, 2.24) is 9.80 Å². The zero-order valence-corrected chi connectivity index (χ0v) is 16.3. The molecule has 0 saturated carbocycles. The minimum atomic E-state index is -0.0686. The summed E-state index contributed by atoms with van der Waals surface area (Å²) in [6.07, 6.45) is 0.943. The third kappa shape index (κ3) is 4.84. The molecule has 1 aromatic heterocycles. The number of nitrogens with one attached hydrogen (secondary N) is 1. The number of carbonyl (C=O) groups excluding carboxylic acids is 2. The van der Waals surface area contributed by atoms with Crippen LogP contribution >= 0.6 is 22.9 Å². The van der Waals surface area contributed by atoms with Crippen LogP contribution in [0.15, 0.2) is 35.7 Å². The fourth-order valence-electron chi connectivity index (χ4n) is 3.08. The maximum Gasteiger partial charge on any atom is 0.265 e. The van der Waals surface area contributed by atoms with Gasteiger partial charge in [0.1, 0.15) is 4.88 Å². The number of hydrogen-bond donors (Lipinski definition) is 1. The minimum Gasteiger partial charge on any atom is -0.337 e. The highest BCUT2D eigenvalue weighted by Crippen LogP contribution is 2.24. The maximum absolute atomic E-state index is 12.6. The van der Waals surface area contributed by atoms with Crippen molar-refractivity contribution in [2.24, 2.45) is 0 Å². The minimum absolute atomic E-state index is 0.0338. The van der Waals surface area contributed by atoms with Gasteiger partial charge in [-0.1, -0.05) is 23.7 Å². The van der Waals surface area contributed by atoms with E-state index < -0.39 is 0 Å². The molecule has 2 heterocycles. The summed E-state index contributed by atoms with van der Waals surface area (Å²) >= 11 is 7.50. The number of rotatable bonds is 4. The molecule has 1 N–H and O–H groups in total. The van der Waals surface area contributed by atoms with Gasteiger partial charge in [0, 0.05) is 45.3 Å². The number of halogens is 1. The molecule has 2 aromatic rings. The van der Waals surface area contributed by atoms with E-state index in [0.717, 1.165) is 38.3 Å². The summed E-state index contributed by atoms with van der Waals surface area (Å²) in [4.78, 5) is 28.6. The quantitative estimate of drug-likeness (QED) is 0.864. The van der Waals surface area contributed by atoms with E-state index >= 15 is 0 Å². The van der Waals surface area contributed by atoms with E-state index in [2.05, 4.69) is 10.2 Å². The van der Waals surface area contributed by atoms with Crippen molar-refractivity contribution in [3.63, 3.8) is 0 Å². The molecule has 0 spiro atoms. The van der Waals surface area contributed by atoms with Gasteiger partial charge in [0.2, 0.25) is 5.91 Å². The average Bonchev–Trinajstić information content (AvgIpc) is 2.90. The van der Waals surface area contributed by atoms with Crippen molar-refractivity contribution in [1.29, 1.82) is 0 Å². The van der Waals surface area contributed by atoms with Gasteiger partial charge in [-0.2, -0.15) is 0 Å². The van der Waals surface area contributed by atoms with Crippen molar-refractivity contribution in [3.05, 3.63) is 51.2 Å². The number of thiophene rings is 1. The molecule has 1 aliphatic heterocycles. The molecule has 5 nitrogen and oxygen atoms in total. The van der Waals surface area contributed by atoms with Crippen LogP contribution in [0.1, 0.15) is 28.6 Å². The van der Waals surface area contributed by atoms with Gasteiger partial charge in [-0.15, -0.1) is 11.3 Å². The van der Waals surface area contributed by atoms with E-state index in [1.165, 1.54) is 23.8 Å². The molecule has 26 heavy (non-hydrogen) atoms. The van der Waals surface area contributed by atoms with Gasteiger partial charge in [0.25, 0.3) is 5.91 Å². The van der Waals surface area contributed by atoms with Gasteiger partial charge in [-0.3, -0.25) is 14.5 Å². The average molecular weight is 392 g/mol. The van der Waals surface area contributed by atoms with Gasteiger partial charge in [0.15, 0.2) is 0 Å². The Hall–Kier alpha value is -1.89. The lowest BCUT2D eigenvalue weighted by Gasteiger charge is -2.22. The summed E-state index contributed by atoms with van der Waals surface area (Å²) in [5.74, 6) is -0.0348. The molecule has 2 amide bonds. The summed E-state index contributed by atoms with van der Waals surface area (Å²) in [7, 11) is 0. The van der Waals surface area contributed by atoms with Crippen LogP contribution in [0.25, 0.3) is 0 Å². The molecule has 0 radical (unpaired) electrons. The van der Waals surface area contributed by atoms with Crippen LogP contribution in [-0.4, -0.2) is 47.8 Å². The Bertz CT molecular complexity index is 775. The molecule has 3 rings (SSSR count). The van der Waals surface area contributed by atoms with Gasteiger partial charge in [-0.25, -0.2) is 0 Å². The van der Waals surface area contributed by atoms with Crippen LogP contribution in [0.2, 0.25) is 5.02 Å². The highest BCUT2D eigenvalue weighted by Gasteiger charge is 2.22. The molecular formula is C19H22ClN3O2S. The molecule has 0 unspecified atom stereocenters. The number of amides is 2. The van der Waals surface area contributed by atoms with Gasteiger partial charge in [0.05, 0.1) is 5.02 Å². The Morgan fingerprint density at radius 1 is 1.12 bits per heavy atom. The highest BCUT2D eigenvalue weighted by atomic mass is 35.5. The fourth-order valence-corrected chi connectivity index (χ4v) is 4.18. The first-order valence-electron chi connectivity index (χ1n) is 8.64. The molecule has 138 valence electrons. The van der Waals surface area contributed by atoms with Crippen LogP contribution in [0.5, 0.6) is 0 Å². The van der Waals surface area contributed by atoms with E-state index in [-0.39, 0.29) is 11.8 Å². The van der Waals surface area contributed by atoms with Gasteiger partial charge in [-0.05, 0) is 35.6 Å². The lowest BCUT2D eigenvalue weighted by molar-refractivity contribution is -0.114. The van der Waals surface area contributed by atoms with Crippen molar-refractivity contribution >= 4 is 40.4 Å². The molecule has 1 saturated heterocycles. The van der Waals surface area contributed by atoms with Crippen molar-refractivity contribution in [2.75, 3.05) is 31.5 Å². The smallest absolute Gasteiger partial charge is 0.265 e. The van der Waals surface area contributed by atoms with E-state index in [1.807, 2.05) is 34.5 Å². The maximum atomic E-state index is 12.6. The first kappa shape index (κ1) is 18.9. The molecule has 1 fully saturated rings. The second-order valence-corrected chi connectivity index (χ2v) is 7.72. The van der Waals surface area contributed by atoms with Crippen LogP contribution in [0, 0.1) is 0 Å². The number of anilines is 1. The van der Waals surface area contributed by atoms with E-state index in [9.17, 15) is 9.59 Å². The number of benzene rings is 1. The van der Waals surface area contributed by atoms with E-state index in [4.69, 9.17) is 11.6 Å². The Morgan fingerprint density at radius 2 is 1.88 bits per heavy atom. The van der Waals surface area contributed by atoms with Crippen LogP contribution in [0.4, 0.5) is 5.69 Å². The third-order valence-electron chi connectivity index (χ3n) is 4.37. The standard InChI is InChI=1S/C19H22ClN3O2S/c1-14(24)21-16-5-3-15(4-6-16)13-22-8-2-9-23(11-10-22)19(25)18-17(20)7-12-26-18/h3-7,12H,2,8-11,13H2,1H3,(H,21,24). The van der Waals surface area contributed by atoms with Crippen LogP contribution in [0.3, 0.4) is 0 Å². The van der Waals surface area contributed by atoms with Crippen molar-refractivity contribution in [3.8, 4) is 0 Å². The normalized spacial score (nSPS) is 15.5. The molecule has 1 aromatic carbocycles. The number of nitrogens with zero attached hydrogens (tertiary/aromatic N) is 2. The largest absolute Gasteiger partial charge is 0.337 e. The summed E-state index contributed by atoms with van der Waals surface area (Å²) in [6.45, 7) is 5.59. The number of hydrogen-bond acceptors (Lipinski definition) is 4. The Balaban J connectivity index is 1.56. The zero-order chi connectivity index (χ0) is 18.5. The summed E-state index contributed by atoms with van der Waals surface area (Å²) in [5, 5.41) is 5.17. The fraction of sp³-hybridized carbons (Fsp3) is 0.368. The van der Waals surface area contributed by atoms with Crippen LogP contribution in [-0.2, 0) is 11.3 Å². The second-order valence-electron chi connectivity index (χ2n) is 6.40. The Kier molecular flexibility index (Phi) is 6.29. The molecule has 0 aliphatic carbocycles. The predicted molar refractivity (Wildman–Crippen MR) is 106 cm³/mol.